The fourth-order valence-corrected chi connectivity index (χ4v) is 4.09. The van der Waals surface area contributed by atoms with E-state index in [9.17, 15) is 9.59 Å². The average molecular weight is 533 g/mol. The quantitative estimate of drug-likeness (QED) is 0.370. The molecule has 1 heterocycles. The van der Waals surface area contributed by atoms with Gasteiger partial charge in [0.05, 0.1) is 32.4 Å². The van der Waals surface area contributed by atoms with Crippen molar-refractivity contribution < 1.29 is 9.59 Å². The van der Waals surface area contributed by atoms with E-state index in [1.54, 1.807) is 30.3 Å². The van der Waals surface area contributed by atoms with E-state index in [1.807, 2.05) is 11.5 Å². The number of aromatic nitrogens is 3. The molecule has 0 saturated heterocycles. The first-order valence-electron chi connectivity index (χ1n) is 9.31. The smallest absolute Gasteiger partial charge is 0.251 e. The maximum atomic E-state index is 12.4. The minimum atomic E-state index is -0.315. The molecule has 0 atom stereocenters. The number of carbonyl (C=O) groups is 2. The van der Waals surface area contributed by atoms with Crippen LogP contribution in [0.1, 0.15) is 23.1 Å². The van der Waals surface area contributed by atoms with Gasteiger partial charge in [-0.2, -0.15) is 0 Å². The molecule has 2 N–H and O–H groups in total. The first kappa shape index (κ1) is 24.7. The van der Waals surface area contributed by atoms with Crippen LogP contribution in [-0.2, 0) is 17.9 Å². The van der Waals surface area contributed by atoms with Crippen LogP contribution < -0.4 is 10.6 Å². The molecule has 0 fully saturated rings. The Kier molecular flexibility index (Phi) is 8.67. The number of carbonyl (C=O) groups excluding carboxylic acids is 2. The number of anilines is 1. The highest BCUT2D eigenvalue weighted by Crippen LogP contribution is 2.26. The Hall–Kier alpha value is -1.97. The zero-order valence-corrected chi connectivity index (χ0v) is 20.5. The van der Waals surface area contributed by atoms with Crippen molar-refractivity contribution in [3.05, 3.63) is 67.9 Å². The van der Waals surface area contributed by atoms with E-state index in [2.05, 4.69) is 20.8 Å². The number of rotatable bonds is 8. The molecule has 0 aliphatic rings. The molecule has 0 saturated carbocycles. The molecule has 32 heavy (non-hydrogen) atoms. The molecule has 168 valence electrons. The Morgan fingerprint density at radius 1 is 0.969 bits per heavy atom. The fraction of sp³-hybridized carbons (Fsp3) is 0.200. The third-order valence-corrected chi connectivity index (χ3v) is 6.68. The summed E-state index contributed by atoms with van der Waals surface area (Å²) < 4.78 is 1.83. The number of thioether (sulfide) groups is 1. The van der Waals surface area contributed by atoms with Crippen molar-refractivity contribution in [2.75, 3.05) is 11.1 Å². The highest BCUT2D eigenvalue weighted by atomic mass is 35.5. The van der Waals surface area contributed by atoms with Gasteiger partial charge in [0, 0.05) is 17.8 Å². The number of benzene rings is 2. The molecular weight excluding hydrogens is 516 g/mol. The summed E-state index contributed by atoms with van der Waals surface area (Å²) in [6.07, 6.45) is 0. The molecule has 3 aromatic rings. The molecular formula is C20H17Cl4N5O2S. The lowest BCUT2D eigenvalue weighted by Crippen LogP contribution is -2.24. The van der Waals surface area contributed by atoms with Crippen LogP contribution in [0.25, 0.3) is 0 Å². The third kappa shape index (κ3) is 6.30. The van der Waals surface area contributed by atoms with E-state index in [0.717, 1.165) is 0 Å². The van der Waals surface area contributed by atoms with E-state index < -0.39 is 0 Å². The Labute approximate surface area is 208 Å². The summed E-state index contributed by atoms with van der Waals surface area (Å²) in [4.78, 5) is 24.6. The minimum Gasteiger partial charge on any atom is -0.345 e. The van der Waals surface area contributed by atoms with Crippen molar-refractivity contribution in [3.8, 4) is 0 Å². The SMILES string of the molecule is CCn1c(CNC(=O)c2ccc(Cl)c(Cl)c2)nnc1SCC(=O)Nc1ccc(Cl)c(Cl)c1. The van der Waals surface area contributed by atoms with E-state index in [-0.39, 0.29) is 24.1 Å². The highest BCUT2D eigenvalue weighted by molar-refractivity contribution is 7.99. The molecule has 0 unspecified atom stereocenters. The molecule has 1 aromatic heterocycles. The van der Waals surface area contributed by atoms with E-state index in [0.29, 0.717) is 48.9 Å². The predicted octanol–water partition coefficient (Wildman–Crippen LogP) is 5.57. The van der Waals surface area contributed by atoms with Crippen LogP contribution in [-0.4, -0.2) is 32.3 Å². The normalized spacial score (nSPS) is 10.8. The summed E-state index contributed by atoms with van der Waals surface area (Å²) >= 11 is 24.9. The zero-order valence-electron chi connectivity index (χ0n) is 16.7. The first-order chi connectivity index (χ1) is 15.3. The third-order valence-electron chi connectivity index (χ3n) is 4.23. The average Bonchev–Trinajstić information content (AvgIpc) is 3.16. The van der Waals surface area contributed by atoms with Crippen molar-refractivity contribution in [2.45, 2.75) is 25.2 Å². The van der Waals surface area contributed by atoms with Gasteiger partial charge in [0.2, 0.25) is 5.91 Å². The Morgan fingerprint density at radius 2 is 1.66 bits per heavy atom. The topological polar surface area (TPSA) is 88.9 Å². The van der Waals surface area contributed by atoms with Gasteiger partial charge < -0.3 is 15.2 Å². The summed E-state index contributed by atoms with van der Waals surface area (Å²) in [5.74, 6) is 0.139. The molecule has 0 aliphatic heterocycles. The van der Waals surface area contributed by atoms with Crippen LogP contribution in [0.3, 0.4) is 0 Å². The lowest BCUT2D eigenvalue weighted by Gasteiger charge is -2.09. The van der Waals surface area contributed by atoms with Crippen LogP contribution in [0.4, 0.5) is 5.69 Å². The first-order valence-corrected chi connectivity index (χ1v) is 11.8. The second kappa shape index (κ2) is 11.2. The lowest BCUT2D eigenvalue weighted by atomic mass is 10.2. The molecule has 2 aromatic carbocycles. The van der Waals surface area contributed by atoms with Crippen molar-refractivity contribution in [2.24, 2.45) is 0 Å². The molecule has 2 amide bonds. The molecule has 0 bridgehead atoms. The van der Waals surface area contributed by atoms with Gasteiger partial charge in [-0.25, -0.2) is 0 Å². The summed E-state index contributed by atoms with van der Waals surface area (Å²) in [6.45, 7) is 2.66. The van der Waals surface area contributed by atoms with Gasteiger partial charge >= 0.3 is 0 Å². The Morgan fingerprint density at radius 3 is 2.31 bits per heavy atom. The largest absolute Gasteiger partial charge is 0.345 e. The number of nitrogens with zero attached hydrogens (tertiary/aromatic N) is 3. The molecule has 7 nitrogen and oxygen atoms in total. The minimum absolute atomic E-state index is 0.119. The standard InChI is InChI=1S/C20H17Cl4N5O2S/c1-2-29-17(9-25-19(31)11-3-5-13(21)15(23)7-11)27-28-20(29)32-10-18(30)26-12-4-6-14(22)16(24)8-12/h3-8H,2,9-10H2,1H3,(H,25,31)(H,26,30). The van der Waals surface area contributed by atoms with Crippen molar-refractivity contribution in [1.29, 1.82) is 0 Å². The highest BCUT2D eigenvalue weighted by Gasteiger charge is 2.15. The Balaban J connectivity index is 1.57. The maximum absolute atomic E-state index is 12.4. The fourth-order valence-electron chi connectivity index (χ4n) is 2.67. The lowest BCUT2D eigenvalue weighted by molar-refractivity contribution is -0.113. The van der Waals surface area contributed by atoms with Gasteiger partial charge in [0.25, 0.3) is 5.91 Å². The van der Waals surface area contributed by atoms with Gasteiger partial charge in [-0.05, 0) is 43.3 Å². The van der Waals surface area contributed by atoms with Crippen molar-refractivity contribution in [3.63, 3.8) is 0 Å². The van der Waals surface area contributed by atoms with Crippen LogP contribution in [0, 0.1) is 0 Å². The number of amides is 2. The van der Waals surface area contributed by atoms with Crippen LogP contribution in [0.2, 0.25) is 20.1 Å². The summed E-state index contributed by atoms with van der Waals surface area (Å²) in [6, 6.07) is 9.50. The van der Waals surface area contributed by atoms with Gasteiger partial charge in [-0.15, -0.1) is 10.2 Å². The van der Waals surface area contributed by atoms with Gasteiger partial charge in [-0.1, -0.05) is 58.2 Å². The summed E-state index contributed by atoms with van der Waals surface area (Å²) in [5.41, 5.74) is 0.934. The zero-order chi connectivity index (χ0) is 23.3. The van der Waals surface area contributed by atoms with E-state index >= 15 is 0 Å². The number of nitrogens with one attached hydrogen (secondary N) is 2. The van der Waals surface area contributed by atoms with E-state index in [1.165, 1.54) is 17.8 Å². The monoisotopic (exact) mass is 531 g/mol. The van der Waals surface area contributed by atoms with Gasteiger partial charge in [0.1, 0.15) is 0 Å². The van der Waals surface area contributed by atoms with E-state index in [4.69, 9.17) is 46.4 Å². The maximum Gasteiger partial charge on any atom is 0.251 e. The molecule has 3 rings (SSSR count). The van der Waals surface area contributed by atoms with Gasteiger partial charge in [0.15, 0.2) is 11.0 Å². The van der Waals surface area contributed by atoms with Crippen LogP contribution in [0.5, 0.6) is 0 Å². The van der Waals surface area contributed by atoms with Gasteiger partial charge in [-0.3, -0.25) is 9.59 Å². The molecule has 0 radical (unpaired) electrons. The molecule has 12 heteroatoms. The van der Waals surface area contributed by atoms with Crippen LogP contribution >= 0.6 is 58.2 Å². The summed E-state index contributed by atoms with van der Waals surface area (Å²) in [5, 5.41) is 15.8. The van der Waals surface area contributed by atoms with Crippen molar-refractivity contribution in [1.82, 2.24) is 20.1 Å². The predicted molar refractivity (Wildman–Crippen MR) is 129 cm³/mol. The Bertz CT molecular complexity index is 1160. The number of hydrogen-bond donors (Lipinski definition) is 2. The van der Waals surface area contributed by atoms with Crippen LogP contribution in [0.15, 0.2) is 41.6 Å². The van der Waals surface area contributed by atoms with Crippen molar-refractivity contribution >= 4 is 75.7 Å². The number of hydrogen-bond acceptors (Lipinski definition) is 5. The second-order valence-corrected chi connectivity index (χ2v) is 8.99. The molecule has 0 spiro atoms. The number of halogens is 4. The second-order valence-electron chi connectivity index (χ2n) is 6.42. The summed E-state index contributed by atoms with van der Waals surface area (Å²) in [7, 11) is 0. The molecule has 0 aliphatic carbocycles.